The fraction of sp³-hybridized carbons (Fsp3) is 0.0952. The molecule has 0 saturated carbocycles. The lowest BCUT2D eigenvalue weighted by molar-refractivity contribution is -0.142. The van der Waals surface area contributed by atoms with E-state index in [0.29, 0.717) is 9.70 Å². The lowest BCUT2D eigenvalue weighted by atomic mass is 10.0. The number of carbonyl (C=O) groups is 1. The number of ether oxygens (including phenoxy) is 1. The first-order valence-corrected chi connectivity index (χ1v) is 10.2. The summed E-state index contributed by atoms with van der Waals surface area (Å²) in [5.74, 6) is -1.46. The first kappa shape index (κ1) is 23.2. The Morgan fingerprint density at radius 3 is 2.42 bits per heavy atom. The zero-order chi connectivity index (χ0) is 23.9. The number of hydrogen-bond acceptors (Lipinski definition) is 5. The van der Waals surface area contributed by atoms with Gasteiger partial charge in [-0.15, -0.1) is 0 Å². The molecule has 0 atom stereocenters. The summed E-state index contributed by atoms with van der Waals surface area (Å²) in [5.41, 5.74) is -1.90. The molecular weight excluding hydrogens is 506 g/mol. The van der Waals surface area contributed by atoms with Crippen molar-refractivity contribution in [1.29, 1.82) is 0 Å². The molecule has 0 fully saturated rings. The number of aromatic nitrogens is 3. The van der Waals surface area contributed by atoms with Gasteiger partial charge in [-0.3, -0.25) is 0 Å². The molecule has 2 aromatic carbocycles. The van der Waals surface area contributed by atoms with Crippen LogP contribution in [0.15, 0.2) is 53.2 Å². The van der Waals surface area contributed by atoms with E-state index in [1.54, 1.807) is 0 Å². The van der Waals surface area contributed by atoms with Crippen molar-refractivity contribution < 1.29 is 27.2 Å². The van der Waals surface area contributed by atoms with Crippen LogP contribution in [-0.4, -0.2) is 28.0 Å². The molecule has 6 nitrogen and oxygen atoms in total. The number of benzene rings is 2. The van der Waals surface area contributed by atoms with Crippen molar-refractivity contribution in [3.63, 3.8) is 0 Å². The Morgan fingerprint density at radius 2 is 1.79 bits per heavy atom. The second kappa shape index (κ2) is 8.74. The Labute approximate surface area is 199 Å². The van der Waals surface area contributed by atoms with E-state index >= 15 is 0 Å². The number of nitrogens with zero attached hydrogens (tertiary/aromatic N) is 3. The quantitative estimate of drug-likeness (QED) is 0.274. The third kappa shape index (κ3) is 4.31. The van der Waals surface area contributed by atoms with Crippen LogP contribution < -0.4 is 0 Å². The van der Waals surface area contributed by atoms with Gasteiger partial charge in [-0.05, 0) is 36.4 Å². The largest absolute Gasteiger partial charge is 0.465 e. The van der Waals surface area contributed by atoms with Crippen LogP contribution in [0.3, 0.4) is 0 Å². The summed E-state index contributed by atoms with van der Waals surface area (Å²) in [7, 11) is 1.08. The van der Waals surface area contributed by atoms with Crippen LogP contribution in [0.4, 0.5) is 13.2 Å². The van der Waals surface area contributed by atoms with Gasteiger partial charge >= 0.3 is 12.1 Å². The van der Waals surface area contributed by atoms with Gasteiger partial charge in [0.05, 0.1) is 29.6 Å². The van der Waals surface area contributed by atoms with Crippen molar-refractivity contribution in [1.82, 2.24) is 14.9 Å². The van der Waals surface area contributed by atoms with E-state index in [-0.39, 0.29) is 32.6 Å². The number of methoxy groups -OCH3 is 1. The van der Waals surface area contributed by atoms with Crippen LogP contribution in [0.2, 0.25) is 15.1 Å². The summed E-state index contributed by atoms with van der Waals surface area (Å²) < 4.78 is 53.1. The summed E-state index contributed by atoms with van der Waals surface area (Å²) in [6, 6.07) is 10.0. The van der Waals surface area contributed by atoms with Crippen LogP contribution in [0.1, 0.15) is 16.1 Å². The van der Waals surface area contributed by atoms with Crippen molar-refractivity contribution in [2.45, 2.75) is 6.18 Å². The number of esters is 1. The lowest BCUT2D eigenvalue weighted by Crippen LogP contribution is -2.15. The molecule has 0 aliphatic heterocycles. The van der Waals surface area contributed by atoms with E-state index < -0.39 is 29.2 Å². The Balaban J connectivity index is 1.98. The second-order valence-corrected chi connectivity index (χ2v) is 7.93. The topological polar surface area (TPSA) is 70.2 Å². The highest BCUT2D eigenvalue weighted by Gasteiger charge is 2.42. The third-order valence-electron chi connectivity index (χ3n) is 4.60. The minimum Gasteiger partial charge on any atom is -0.465 e. The third-order valence-corrected chi connectivity index (χ3v) is 5.39. The molecule has 0 aliphatic carbocycles. The maximum absolute atomic E-state index is 14.2. The van der Waals surface area contributed by atoms with Gasteiger partial charge in [-0.25, -0.2) is 9.48 Å². The van der Waals surface area contributed by atoms with Crippen LogP contribution in [0.25, 0.3) is 28.3 Å². The highest BCUT2D eigenvalue weighted by Crippen LogP contribution is 2.43. The van der Waals surface area contributed by atoms with Gasteiger partial charge < -0.3 is 9.26 Å². The molecule has 2 aromatic heterocycles. The number of alkyl halides is 3. The highest BCUT2D eigenvalue weighted by atomic mass is 35.5. The number of carbonyl (C=O) groups excluding carboxylic acids is 1. The molecule has 0 aliphatic rings. The standard InChI is InChI=1S/C21H11Cl3F3N3O3/c1-32-20(31)16-17(13-6-5-11(23)8-15(13)24)29-33-18(16)14-9-28-30(19(14)21(25,26)27)12-4-2-3-10(22)7-12/h2-9H,1H3. The smallest absolute Gasteiger partial charge is 0.434 e. The average Bonchev–Trinajstić information content (AvgIpc) is 3.37. The summed E-state index contributed by atoms with van der Waals surface area (Å²) in [5, 5.41) is 8.31. The molecule has 0 saturated heterocycles. The molecule has 170 valence electrons. The molecule has 0 unspecified atom stereocenters. The number of hydrogen-bond donors (Lipinski definition) is 0. The Kier molecular flexibility index (Phi) is 6.13. The second-order valence-electron chi connectivity index (χ2n) is 6.65. The molecular formula is C21H11Cl3F3N3O3. The number of halogens is 6. The Morgan fingerprint density at radius 1 is 1.06 bits per heavy atom. The first-order chi connectivity index (χ1) is 15.6. The highest BCUT2D eigenvalue weighted by molar-refractivity contribution is 6.36. The minimum atomic E-state index is -4.88. The molecule has 4 rings (SSSR count). The summed E-state index contributed by atoms with van der Waals surface area (Å²) in [4.78, 5) is 12.6. The lowest BCUT2D eigenvalue weighted by Gasteiger charge is -2.12. The maximum Gasteiger partial charge on any atom is 0.434 e. The van der Waals surface area contributed by atoms with Crippen molar-refractivity contribution >= 4 is 40.8 Å². The van der Waals surface area contributed by atoms with Crippen LogP contribution in [0, 0.1) is 0 Å². The summed E-state index contributed by atoms with van der Waals surface area (Å²) in [6.07, 6.45) is -3.96. The van der Waals surface area contributed by atoms with Crippen molar-refractivity contribution in [3.8, 4) is 28.3 Å². The van der Waals surface area contributed by atoms with E-state index in [1.807, 2.05) is 0 Å². The fourth-order valence-electron chi connectivity index (χ4n) is 3.22. The monoisotopic (exact) mass is 515 g/mol. The van der Waals surface area contributed by atoms with Crippen LogP contribution >= 0.6 is 34.8 Å². The van der Waals surface area contributed by atoms with E-state index in [9.17, 15) is 18.0 Å². The summed E-state index contributed by atoms with van der Waals surface area (Å²) >= 11 is 18.1. The van der Waals surface area contributed by atoms with E-state index in [2.05, 4.69) is 10.3 Å². The molecule has 0 spiro atoms. The van der Waals surface area contributed by atoms with Gasteiger partial charge in [0.15, 0.2) is 11.5 Å². The predicted molar refractivity (Wildman–Crippen MR) is 116 cm³/mol. The van der Waals surface area contributed by atoms with E-state index in [0.717, 1.165) is 13.3 Å². The van der Waals surface area contributed by atoms with Gasteiger partial charge in [-0.1, -0.05) is 46.0 Å². The fourth-order valence-corrected chi connectivity index (χ4v) is 3.90. The van der Waals surface area contributed by atoms with Gasteiger partial charge in [0.1, 0.15) is 11.3 Å². The van der Waals surface area contributed by atoms with E-state index in [4.69, 9.17) is 44.1 Å². The van der Waals surface area contributed by atoms with Crippen LogP contribution in [0.5, 0.6) is 0 Å². The van der Waals surface area contributed by atoms with Gasteiger partial charge in [0, 0.05) is 15.6 Å². The average molecular weight is 517 g/mol. The Bertz CT molecular complexity index is 1370. The SMILES string of the molecule is COC(=O)c1c(-c2ccc(Cl)cc2Cl)noc1-c1cnn(-c2cccc(Cl)c2)c1C(F)(F)F. The molecule has 0 bridgehead atoms. The molecule has 2 heterocycles. The zero-order valence-electron chi connectivity index (χ0n) is 16.5. The Hall–Kier alpha value is -3.01. The van der Waals surface area contributed by atoms with Crippen LogP contribution in [-0.2, 0) is 10.9 Å². The van der Waals surface area contributed by atoms with Gasteiger partial charge in [0.25, 0.3) is 0 Å². The summed E-state index contributed by atoms with van der Waals surface area (Å²) in [6.45, 7) is 0. The molecule has 0 radical (unpaired) electrons. The first-order valence-electron chi connectivity index (χ1n) is 9.06. The molecule has 0 N–H and O–H groups in total. The van der Waals surface area contributed by atoms with Crippen molar-refractivity contribution in [3.05, 3.63) is 75.0 Å². The predicted octanol–water partition coefficient (Wildman–Crippen LogP) is 6.96. The van der Waals surface area contributed by atoms with Crippen molar-refractivity contribution in [2.75, 3.05) is 7.11 Å². The van der Waals surface area contributed by atoms with E-state index in [1.165, 1.54) is 42.5 Å². The van der Waals surface area contributed by atoms with Crippen molar-refractivity contribution in [2.24, 2.45) is 0 Å². The zero-order valence-corrected chi connectivity index (χ0v) is 18.7. The van der Waals surface area contributed by atoms with Gasteiger partial charge in [0.2, 0.25) is 0 Å². The molecule has 33 heavy (non-hydrogen) atoms. The normalized spacial score (nSPS) is 11.6. The van der Waals surface area contributed by atoms with Gasteiger partial charge in [-0.2, -0.15) is 18.3 Å². The minimum absolute atomic E-state index is 0.0566. The molecule has 12 heteroatoms. The number of rotatable bonds is 4. The molecule has 0 amide bonds. The maximum atomic E-state index is 14.2. The molecule has 4 aromatic rings.